The third-order valence-corrected chi connectivity index (χ3v) is 6.40. The fourth-order valence-corrected chi connectivity index (χ4v) is 4.57. The van der Waals surface area contributed by atoms with Crippen LogP contribution in [-0.4, -0.2) is 39.1 Å². The van der Waals surface area contributed by atoms with Gasteiger partial charge in [-0.15, -0.1) is 0 Å². The van der Waals surface area contributed by atoms with Crippen molar-refractivity contribution in [2.45, 2.75) is 44.2 Å². The van der Waals surface area contributed by atoms with Gasteiger partial charge in [0.05, 0.1) is 4.90 Å². The van der Waals surface area contributed by atoms with Crippen LogP contribution >= 0.6 is 0 Å². The molecule has 146 valence electrons. The van der Waals surface area contributed by atoms with Crippen molar-refractivity contribution in [1.29, 1.82) is 0 Å². The Labute approximate surface area is 162 Å². The topological polar surface area (TPSA) is 55.8 Å². The maximum absolute atomic E-state index is 12.9. The van der Waals surface area contributed by atoms with Gasteiger partial charge in [-0.05, 0) is 44.6 Å². The smallest absolute Gasteiger partial charge is 0.297 e. The number of benzene rings is 2. The highest BCUT2D eigenvalue weighted by molar-refractivity contribution is 7.86. The van der Waals surface area contributed by atoms with Crippen molar-refractivity contribution in [3.8, 4) is 5.75 Å². The molecule has 5 nitrogen and oxygen atoms in total. The molecule has 0 radical (unpaired) electrons. The predicted octanol–water partition coefficient (Wildman–Crippen LogP) is 3.93. The number of hydrogen-bond donors (Lipinski definition) is 0. The number of fused-ring (bicyclic) bond motifs is 1. The Morgan fingerprint density at radius 1 is 1.07 bits per heavy atom. The van der Waals surface area contributed by atoms with E-state index in [1.165, 1.54) is 0 Å². The average molecular weight is 390 g/mol. The van der Waals surface area contributed by atoms with Gasteiger partial charge >= 0.3 is 0 Å². The maximum Gasteiger partial charge on any atom is 0.297 e. The zero-order valence-corrected chi connectivity index (χ0v) is 16.9. The van der Waals surface area contributed by atoms with Gasteiger partial charge < -0.3 is 4.74 Å². The molecule has 1 aliphatic heterocycles. The van der Waals surface area contributed by atoms with Crippen LogP contribution in [-0.2, 0) is 14.3 Å². The third kappa shape index (κ3) is 4.51. The lowest BCUT2D eigenvalue weighted by Gasteiger charge is -2.29. The second kappa shape index (κ2) is 8.42. The van der Waals surface area contributed by atoms with Gasteiger partial charge in [0.15, 0.2) is 0 Å². The first-order valence-electron chi connectivity index (χ1n) is 9.40. The van der Waals surface area contributed by atoms with Crippen LogP contribution in [0.1, 0.15) is 37.5 Å². The average Bonchev–Trinajstić information content (AvgIpc) is 2.83. The summed E-state index contributed by atoms with van der Waals surface area (Å²) in [4.78, 5) is 2.45. The summed E-state index contributed by atoms with van der Waals surface area (Å²) < 4.78 is 37.5. The minimum atomic E-state index is -3.87. The molecule has 1 heterocycles. The van der Waals surface area contributed by atoms with Crippen molar-refractivity contribution in [3.63, 3.8) is 0 Å². The van der Waals surface area contributed by atoms with E-state index in [0.717, 1.165) is 24.2 Å². The molecule has 0 amide bonds. The molecule has 6 heteroatoms. The van der Waals surface area contributed by atoms with Gasteiger partial charge in [0.1, 0.15) is 18.5 Å². The molecule has 0 aromatic heterocycles. The van der Waals surface area contributed by atoms with Gasteiger partial charge in [0.25, 0.3) is 10.1 Å². The SMILES string of the molecule is CCN(CC)[C@@H]1COc2ccccc2[C@@H](OS(=O)(=O)c2ccc(C)cc2)C1. The van der Waals surface area contributed by atoms with Gasteiger partial charge in [0, 0.05) is 11.6 Å². The summed E-state index contributed by atoms with van der Waals surface area (Å²) in [5, 5.41) is 0. The Bertz CT molecular complexity index is 860. The largest absolute Gasteiger partial charge is 0.492 e. The quantitative estimate of drug-likeness (QED) is 0.701. The monoisotopic (exact) mass is 389 g/mol. The van der Waals surface area contributed by atoms with Crippen LogP contribution < -0.4 is 4.74 Å². The summed E-state index contributed by atoms with van der Waals surface area (Å²) in [5.74, 6) is 0.691. The van der Waals surface area contributed by atoms with Crippen LogP contribution in [0.15, 0.2) is 53.4 Å². The van der Waals surface area contributed by atoms with Crippen molar-refractivity contribution >= 4 is 10.1 Å². The van der Waals surface area contributed by atoms with Crippen molar-refractivity contribution in [1.82, 2.24) is 4.90 Å². The van der Waals surface area contributed by atoms with E-state index in [9.17, 15) is 8.42 Å². The molecule has 0 bridgehead atoms. The van der Waals surface area contributed by atoms with E-state index in [2.05, 4.69) is 18.7 Å². The van der Waals surface area contributed by atoms with Crippen LogP contribution in [0, 0.1) is 6.92 Å². The molecule has 0 unspecified atom stereocenters. The summed E-state index contributed by atoms with van der Waals surface area (Å²) in [6.07, 6.45) is -0.0235. The second-order valence-electron chi connectivity index (χ2n) is 6.81. The van der Waals surface area contributed by atoms with Crippen LogP contribution in [0.2, 0.25) is 0 Å². The fourth-order valence-electron chi connectivity index (χ4n) is 3.51. The van der Waals surface area contributed by atoms with E-state index >= 15 is 0 Å². The predicted molar refractivity (Wildman–Crippen MR) is 105 cm³/mol. The summed E-state index contributed by atoms with van der Waals surface area (Å²) in [6.45, 7) is 8.38. The Hall–Kier alpha value is -1.89. The number of hydrogen-bond acceptors (Lipinski definition) is 5. The molecule has 27 heavy (non-hydrogen) atoms. The summed E-state index contributed by atoms with van der Waals surface area (Å²) in [6, 6.07) is 14.3. The molecule has 0 fully saturated rings. The molecule has 2 atom stereocenters. The van der Waals surface area contributed by atoms with E-state index in [1.54, 1.807) is 24.3 Å². The van der Waals surface area contributed by atoms with Crippen LogP contribution in [0.3, 0.4) is 0 Å². The fraction of sp³-hybridized carbons (Fsp3) is 0.429. The number of likely N-dealkylation sites (N-methyl/N-ethyl adjacent to an activating group) is 1. The van der Waals surface area contributed by atoms with Crippen molar-refractivity contribution in [2.24, 2.45) is 0 Å². The lowest BCUT2D eigenvalue weighted by molar-refractivity contribution is 0.109. The lowest BCUT2D eigenvalue weighted by Crippen LogP contribution is -2.39. The highest BCUT2D eigenvalue weighted by Gasteiger charge is 2.32. The molecule has 0 saturated heterocycles. The highest BCUT2D eigenvalue weighted by Crippen LogP contribution is 2.37. The first-order valence-corrected chi connectivity index (χ1v) is 10.8. The molecule has 2 aromatic carbocycles. The molecule has 0 spiro atoms. The van der Waals surface area contributed by atoms with E-state index in [4.69, 9.17) is 8.92 Å². The Balaban J connectivity index is 1.93. The molecular formula is C21H27NO4S. The minimum absolute atomic E-state index is 0.0885. The molecular weight excluding hydrogens is 362 g/mol. The van der Waals surface area contributed by atoms with Crippen LogP contribution in [0.4, 0.5) is 0 Å². The Kier molecular flexibility index (Phi) is 6.19. The Morgan fingerprint density at radius 3 is 2.41 bits per heavy atom. The first kappa shape index (κ1) is 19.9. The highest BCUT2D eigenvalue weighted by atomic mass is 32.2. The summed E-state index contributed by atoms with van der Waals surface area (Å²) in [5.41, 5.74) is 1.78. The number of para-hydroxylation sites is 1. The molecule has 3 rings (SSSR count). The van der Waals surface area contributed by atoms with Crippen molar-refractivity contribution < 1.29 is 17.3 Å². The lowest BCUT2D eigenvalue weighted by atomic mass is 10.0. The standard InChI is InChI=1S/C21H27NO4S/c1-4-22(5-2)17-14-21(19-8-6-7-9-20(19)25-15-17)26-27(23,24)18-12-10-16(3)11-13-18/h6-13,17,21H,4-5,14-15H2,1-3H3/t17-,21-/m0/s1. The van der Waals surface area contributed by atoms with Gasteiger partial charge in [-0.3, -0.25) is 9.08 Å². The van der Waals surface area contributed by atoms with E-state index < -0.39 is 16.2 Å². The zero-order chi connectivity index (χ0) is 19.4. The minimum Gasteiger partial charge on any atom is -0.492 e. The maximum atomic E-state index is 12.9. The van der Waals surface area contributed by atoms with Crippen LogP contribution in [0.25, 0.3) is 0 Å². The van der Waals surface area contributed by atoms with E-state index in [0.29, 0.717) is 18.8 Å². The van der Waals surface area contributed by atoms with Gasteiger partial charge in [-0.1, -0.05) is 49.7 Å². The van der Waals surface area contributed by atoms with Gasteiger partial charge in [-0.2, -0.15) is 8.42 Å². The first-order chi connectivity index (χ1) is 12.9. The van der Waals surface area contributed by atoms with Gasteiger partial charge in [-0.25, -0.2) is 0 Å². The molecule has 0 saturated carbocycles. The molecule has 0 N–H and O–H groups in total. The van der Waals surface area contributed by atoms with Crippen LogP contribution in [0.5, 0.6) is 5.75 Å². The number of ether oxygens (including phenoxy) is 1. The van der Waals surface area contributed by atoms with Gasteiger partial charge in [0.2, 0.25) is 0 Å². The number of rotatable bonds is 6. The van der Waals surface area contributed by atoms with E-state index in [-0.39, 0.29) is 10.9 Å². The number of nitrogens with zero attached hydrogens (tertiary/aromatic N) is 1. The molecule has 2 aromatic rings. The van der Waals surface area contributed by atoms with E-state index in [1.807, 2.05) is 31.2 Å². The molecule has 1 aliphatic rings. The number of aryl methyl sites for hydroxylation is 1. The van der Waals surface area contributed by atoms with Crippen molar-refractivity contribution in [2.75, 3.05) is 19.7 Å². The molecule has 0 aliphatic carbocycles. The summed E-state index contributed by atoms with van der Waals surface area (Å²) >= 11 is 0. The Morgan fingerprint density at radius 2 is 1.74 bits per heavy atom. The second-order valence-corrected chi connectivity index (χ2v) is 8.38. The third-order valence-electron chi connectivity index (χ3n) is 5.06. The summed E-state index contributed by atoms with van der Waals surface area (Å²) in [7, 11) is -3.87. The normalized spacial score (nSPS) is 20.0. The zero-order valence-electron chi connectivity index (χ0n) is 16.1. The van der Waals surface area contributed by atoms with Crippen molar-refractivity contribution in [3.05, 3.63) is 59.7 Å².